The zero-order valence-corrected chi connectivity index (χ0v) is 13.6. The highest BCUT2D eigenvalue weighted by Gasteiger charge is 2.14. The smallest absolute Gasteiger partial charge is 0.0702 e. The van der Waals surface area contributed by atoms with Crippen molar-refractivity contribution in [2.75, 3.05) is 0 Å². The van der Waals surface area contributed by atoms with E-state index in [-0.39, 0.29) is 11.8 Å². The first kappa shape index (κ1) is 16.8. The predicted octanol–water partition coefficient (Wildman–Crippen LogP) is 5.52. The highest BCUT2D eigenvalue weighted by atomic mass is 16.4. The van der Waals surface area contributed by atoms with E-state index in [4.69, 9.17) is 0 Å². The van der Waals surface area contributed by atoms with E-state index >= 15 is 0 Å². The molecule has 0 radical (unpaired) electrons. The molecule has 0 bridgehead atoms. The zero-order chi connectivity index (χ0) is 16.5. The SMILES string of the molecule is CC(C=Cc1ccccc1)C(=NO)C(C)C=Cc1ccccc1. The molecular formula is C21H23NO. The molecule has 0 saturated carbocycles. The third-order valence-corrected chi connectivity index (χ3v) is 3.80. The Hall–Kier alpha value is -2.61. The van der Waals surface area contributed by atoms with Crippen LogP contribution in [0.5, 0.6) is 0 Å². The minimum Gasteiger partial charge on any atom is -0.411 e. The van der Waals surface area contributed by atoms with Crippen molar-refractivity contribution in [1.29, 1.82) is 0 Å². The molecule has 2 aromatic carbocycles. The van der Waals surface area contributed by atoms with Gasteiger partial charge in [0.15, 0.2) is 0 Å². The lowest BCUT2D eigenvalue weighted by molar-refractivity contribution is 0.313. The van der Waals surface area contributed by atoms with Gasteiger partial charge in [0.2, 0.25) is 0 Å². The van der Waals surface area contributed by atoms with Gasteiger partial charge in [0.1, 0.15) is 0 Å². The normalized spacial score (nSPS) is 14.0. The van der Waals surface area contributed by atoms with Crippen molar-refractivity contribution in [2.45, 2.75) is 13.8 Å². The monoisotopic (exact) mass is 305 g/mol. The lowest BCUT2D eigenvalue weighted by Gasteiger charge is -2.13. The summed E-state index contributed by atoms with van der Waals surface area (Å²) in [4.78, 5) is 0. The summed E-state index contributed by atoms with van der Waals surface area (Å²) in [5, 5.41) is 12.9. The van der Waals surface area contributed by atoms with Gasteiger partial charge in [-0.05, 0) is 11.1 Å². The molecule has 2 nitrogen and oxygen atoms in total. The van der Waals surface area contributed by atoms with Crippen LogP contribution in [0.1, 0.15) is 25.0 Å². The fourth-order valence-corrected chi connectivity index (χ4v) is 2.43. The lowest BCUT2D eigenvalue weighted by Crippen LogP contribution is -2.16. The second-order valence-corrected chi connectivity index (χ2v) is 5.64. The Balaban J connectivity index is 2.03. The first-order chi connectivity index (χ1) is 11.2. The Kier molecular flexibility index (Phi) is 6.37. The number of hydrogen-bond donors (Lipinski definition) is 1. The lowest BCUT2D eigenvalue weighted by atomic mass is 9.93. The summed E-state index contributed by atoms with van der Waals surface area (Å²) >= 11 is 0. The van der Waals surface area contributed by atoms with Crippen LogP contribution in [0.4, 0.5) is 0 Å². The van der Waals surface area contributed by atoms with Gasteiger partial charge in [0, 0.05) is 11.8 Å². The van der Waals surface area contributed by atoms with Gasteiger partial charge in [-0.15, -0.1) is 0 Å². The third-order valence-electron chi connectivity index (χ3n) is 3.80. The van der Waals surface area contributed by atoms with Crippen molar-refractivity contribution in [3.63, 3.8) is 0 Å². The fraction of sp³-hybridized carbons (Fsp3) is 0.190. The van der Waals surface area contributed by atoms with Crippen molar-refractivity contribution >= 4 is 17.9 Å². The molecule has 0 aliphatic rings. The van der Waals surface area contributed by atoms with Crippen LogP contribution in [0, 0.1) is 11.8 Å². The Labute approximate surface area is 138 Å². The van der Waals surface area contributed by atoms with Gasteiger partial charge in [-0.2, -0.15) is 0 Å². The quantitative estimate of drug-likeness (QED) is 0.425. The van der Waals surface area contributed by atoms with E-state index in [1.807, 2.05) is 50.2 Å². The largest absolute Gasteiger partial charge is 0.411 e. The Morgan fingerprint density at radius 3 is 1.52 bits per heavy atom. The molecule has 0 heterocycles. The Bertz CT molecular complexity index is 614. The summed E-state index contributed by atoms with van der Waals surface area (Å²) in [7, 11) is 0. The molecule has 0 fully saturated rings. The van der Waals surface area contributed by atoms with Crippen molar-refractivity contribution in [1.82, 2.24) is 0 Å². The van der Waals surface area contributed by atoms with Gasteiger partial charge in [0.25, 0.3) is 0 Å². The Morgan fingerprint density at radius 2 is 1.17 bits per heavy atom. The van der Waals surface area contributed by atoms with E-state index in [0.29, 0.717) is 0 Å². The number of benzene rings is 2. The van der Waals surface area contributed by atoms with Crippen LogP contribution in [-0.2, 0) is 0 Å². The van der Waals surface area contributed by atoms with Gasteiger partial charge in [0.05, 0.1) is 5.71 Å². The van der Waals surface area contributed by atoms with Crippen LogP contribution in [0.3, 0.4) is 0 Å². The van der Waals surface area contributed by atoms with Crippen molar-refractivity contribution < 1.29 is 5.21 Å². The molecule has 118 valence electrons. The van der Waals surface area contributed by atoms with Gasteiger partial charge >= 0.3 is 0 Å². The molecule has 0 aliphatic heterocycles. The predicted molar refractivity (Wildman–Crippen MR) is 98.5 cm³/mol. The summed E-state index contributed by atoms with van der Waals surface area (Å²) in [5.74, 6) is 0.131. The van der Waals surface area contributed by atoms with E-state index in [2.05, 4.69) is 53.7 Å². The summed E-state index contributed by atoms with van der Waals surface area (Å²) in [6, 6.07) is 20.3. The summed E-state index contributed by atoms with van der Waals surface area (Å²) in [5.41, 5.74) is 3.04. The average Bonchev–Trinajstić information content (AvgIpc) is 2.60. The van der Waals surface area contributed by atoms with E-state index in [1.165, 1.54) is 0 Å². The first-order valence-electron chi connectivity index (χ1n) is 7.89. The second-order valence-electron chi connectivity index (χ2n) is 5.64. The number of rotatable bonds is 6. The van der Waals surface area contributed by atoms with E-state index in [1.54, 1.807) is 0 Å². The molecule has 1 N–H and O–H groups in total. The molecule has 0 amide bonds. The third kappa shape index (κ3) is 5.26. The molecule has 2 aromatic rings. The molecule has 2 unspecified atom stereocenters. The maximum atomic E-state index is 9.38. The Morgan fingerprint density at radius 1 is 0.783 bits per heavy atom. The van der Waals surface area contributed by atoms with Crippen LogP contribution in [0.2, 0.25) is 0 Å². The first-order valence-corrected chi connectivity index (χ1v) is 7.89. The maximum Gasteiger partial charge on any atom is 0.0702 e. The molecular weight excluding hydrogens is 282 g/mol. The van der Waals surface area contributed by atoms with Gasteiger partial charge < -0.3 is 5.21 Å². The topological polar surface area (TPSA) is 32.6 Å². The van der Waals surface area contributed by atoms with E-state index < -0.39 is 0 Å². The zero-order valence-electron chi connectivity index (χ0n) is 13.6. The highest BCUT2D eigenvalue weighted by Crippen LogP contribution is 2.15. The molecule has 0 aromatic heterocycles. The molecule has 23 heavy (non-hydrogen) atoms. The standard InChI is InChI=1S/C21H23NO/c1-17(13-15-19-9-5-3-6-10-19)21(22-23)18(2)14-16-20-11-7-4-8-12-20/h3-18,23H,1-2H3. The van der Waals surface area contributed by atoms with Gasteiger partial charge in [-0.1, -0.05) is 104 Å². The van der Waals surface area contributed by atoms with Gasteiger partial charge in [-0.3, -0.25) is 0 Å². The minimum atomic E-state index is 0.0654. The summed E-state index contributed by atoms with van der Waals surface area (Å²) < 4.78 is 0. The molecule has 2 rings (SSSR count). The number of hydrogen-bond acceptors (Lipinski definition) is 2. The minimum absolute atomic E-state index is 0.0654. The van der Waals surface area contributed by atoms with Gasteiger partial charge in [-0.25, -0.2) is 0 Å². The van der Waals surface area contributed by atoms with E-state index in [0.717, 1.165) is 16.8 Å². The number of allylic oxidation sites excluding steroid dienone is 2. The molecule has 2 atom stereocenters. The molecule has 0 aliphatic carbocycles. The fourth-order valence-electron chi connectivity index (χ4n) is 2.43. The average molecular weight is 305 g/mol. The summed E-state index contributed by atoms with van der Waals surface area (Å²) in [6.07, 6.45) is 8.25. The molecule has 0 spiro atoms. The number of nitrogens with zero attached hydrogens (tertiary/aromatic N) is 1. The highest BCUT2D eigenvalue weighted by molar-refractivity contribution is 5.91. The molecule has 0 saturated heterocycles. The van der Waals surface area contributed by atoms with Crippen molar-refractivity contribution in [3.05, 3.63) is 83.9 Å². The summed E-state index contributed by atoms with van der Waals surface area (Å²) in [6.45, 7) is 4.09. The van der Waals surface area contributed by atoms with E-state index in [9.17, 15) is 5.21 Å². The number of oxime groups is 1. The van der Waals surface area contributed by atoms with Crippen LogP contribution in [0.15, 0.2) is 78.0 Å². The van der Waals surface area contributed by atoms with Crippen LogP contribution >= 0.6 is 0 Å². The maximum absolute atomic E-state index is 9.38. The van der Waals surface area contributed by atoms with Crippen LogP contribution in [0.25, 0.3) is 12.2 Å². The van der Waals surface area contributed by atoms with Crippen molar-refractivity contribution in [3.8, 4) is 0 Å². The molecule has 2 heteroatoms. The van der Waals surface area contributed by atoms with Crippen molar-refractivity contribution in [2.24, 2.45) is 17.0 Å². The van der Waals surface area contributed by atoms with Crippen LogP contribution < -0.4 is 0 Å². The van der Waals surface area contributed by atoms with Crippen LogP contribution in [-0.4, -0.2) is 10.9 Å². The second kappa shape index (κ2) is 8.74.